The molecule has 0 saturated heterocycles. The van der Waals surface area contributed by atoms with E-state index in [1.165, 1.54) is 411 Å². The summed E-state index contributed by atoms with van der Waals surface area (Å²) < 4.78 is 5.51. The number of nitrogens with one attached hydrogen (secondary N) is 1. The van der Waals surface area contributed by atoms with Crippen molar-refractivity contribution >= 4 is 11.9 Å². The topological polar surface area (TPSA) is 95.9 Å². The number of ether oxygens (including phenoxy) is 1. The lowest BCUT2D eigenvalue weighted by Crippen LogP contribution is -2.45. The molecule has 0 radical (unpaired) electrons. The molecule has 6 heteroatoms. The number of allylic oxidation sites excluding steroid dienone is 1. The van der Waals surface area contributed by atoms with Gasteiger partial charge in [0.15, 0.2) is 0 Å². The number of hydrogen-bond acceptors (Lipinski definition) is 5. The minimum Gasteiger partial charge on any atom is -0.466 e. The molecule has 0 spiro atoms. The highest BCUT2D eigenvalue weighted by molar-refractivity contribution is 5.76. The van der Waals surface area contributed by atoms with Gasteiger partial charge in [-0.1, -0.05) is 443 Å². The molecule has 0 aromatic heterocycles. The summed E-state index contributed by atoms with van der Waals surface area (Å²) in [6, 6.07) is -0.624. The Morgan fingerprint density at radius 1 is 0.307 bits per heavy atom. The largest absolute Gasteiger partial charge is 0.466 e. The van der Waals surface area contributed by atoms with Crippen molar-refractivity contribution in [1.82, 2.24) is 5.32 Å². The van der Waals surface area contributed by atoms with Gasteiger partial charge in [0.2, 0.25) is 5.91 Å². The molecule has 0 fully saturated rings. The molecule has 1 amide bonds. The summed E-state index contributed by atoms with van der Waals surface area (Å²) in [4.78, 5) is 24.6. The molecule has 0 bridgehead atoms. The lowest BCUT2D eigenvalue weighted by molar-refractivity contribution is -0.143. The quantitative estimate of drug-likeness (QED) is 0.0320. The van der Waals surface area contributed by atoms with Crippen LogP contribution in [0.1, 0.15) is 476 Å². The van der Waals surface area contributed by atoms with Crippen molar-refractivity contribution in [1.29, 1.82) is 0 Å². The number of esters is 1. The fraction of sp³-hybridized carbons (Fsp3) is 0.951. The molecule has 0 aromatic rings. The Morgan fingerprint density at radius 3 is 0.773 bits per heavy atom. The molecular weight excluding hydrogens is 1080 g/mol. The van der Waals surface area contributed by atoms with E-state index in [1.807, 2.05) is 6.08 Å². The third-order valence-corrected chi connectivity index (χ3v) is 19.6. The number of unbranched alkanes of at least 4 members (excludes halogenated alkanes) is 67. The highest BCUT2D eigenvalue weighted by Crippen LogP contribution is 2.21. The highest BCUT2D eigenvalue weighted by atomic mass is 16.5. The van der Waals surface area contributed by atoms with Crippen LogP contribution in [0.25, 0.3) is 0 Å². The van der Waals surface area contributed by atoms with Crippen LogP contribution in [0.5, 0.6) is 0 Å². The Hall–Kier alpha value is -1.40. The minimum atomic E-state index is -0.841. The first-order chi connectivity index (χ1) is 43.5. The summed E-state index contributed by atoms with van der Waals surface area (Å²) in [6.07, 6.45) is 99.2. The zero-order valence-electron chi connectivity index (χ0n) is 60.3. The average Bonchev–Trinajstić information content (AvgIpc) is 3.57. The Kier molecular flexibility index (Phi) is 76.8. The molecule has 0 aliphatic rings. The van der Waals surface area contributed by atoms with Crippen LogP contribution in [-0.4, -0.2) is 47.4 Å². The SMILES string of the molecule is CCCCCCCCCCCCCCCCCCCCC/C=C/C(O)C(CO)NC(=O)CCCCCCCCCCCCCCCCCCCCCCCCCCCCCCCCCCCCCOC(=O)CCCCCCCCCCCCCCCCC. The van der Waals surface area contributed by atoms with Crippen LogP contribution < -0.4 is 5.32 Å². The van der Waals surface area contributed by atoms with Crippen LogP contribution >= 0.6 is 0 Å². The zero-order valence-corrected chi connectivity index (χ0v) is 60.3. The molecule has 88 heavy (non-hydrogen) atoms. The van der Waals surface area contributed by atoms with Crippen LogP contribution in [0, 0.1) is 0 Å². The first-order valence-electron chi connectivity index (χ1n) is 41.0. The van der Waals surface area contributed by atoms with Crippen LogP contribution in [-0.2, 0) is 14.3 Å². The first-order valence-corrected chi connectivity index (χ1v) is 41.0. The van der Waals surface area contributed by atoms with Gasteiger partial charge in [0.05, 0.1) is 25.4 Å². The van der Waals surface area contributed by atoms with Gasteiger partial charge in [-0.25, -0.2) is 0 Å². The fourth-order valence-electron chi connectivity index (χ4n) is 13.3. The van der Waals surface area contributed by atoms with Gasteiger partial charge in [-0.05, 0) is 32.1 Å². The molecule has 2 unspecified atom stereocenters. The van der Waals surface area contributed by atoms with Crippen molar-refractivity contribution < 1.29 is 24.5 Å². The molecular formula is C82H161NO5. The second kappa shape index (κ2) is 78.0. The average molecular weight is 1240 g/mol. The predicted octanol–water partition coefficient (Wildman–Crippen LogP) is 27.1. The number of carbonyl (C=O) groups is 2. The number of amides is 1. The van der Waals surface area contributed by atoms with Gasteiger partial charge in [0.25, 0.3) is 0 Å². The molecule has 3 N–H and O–H groups in total. The molecule has 0 aliphatic carbocycles. The van der Waals surface area contributed by atoms with E-state index in [-0.39, 0.29) is 18.5 Å². The summed E-state index contributed by atoms with van der Waals surface area (Å²) in [7, 11) is 0. The van der Waals surface area contributed by atoms with E-state index >= 15 is 0 Å². The number of rotatable bonds is 78. The number of carbonyl (C=O) groups excluding carboxylic acids is 2. The van der Waals surface area contributed by atoms with Crippen molar-refractivity contribution in [2.45, 2.75) is 488 Å². The number of hydrogen-bond donors (Lipinski definition) is 3. The summed E-state index contributed by atoms with van der Waals surface area (Å²) in [5, 5.41) is 23.3. The summed E-state index contributed by atoms with van der Waals surface area (Å²) in [5.41, 5.74) is 0. The Labute approximate surface area is 552 Å². The van der Waals surface area contributed by atoms with Crippen molar-refractivity contribution in [3.8, 4) is 0 Å². The summed E-state index contributed by atoms with van der Waals surface area (Å²) >= 11 is 0. The van der Waals surface area contributed by atoms with Crippen molar-refractivity contribution in [3.05, 3.63) is 12.2 Å². The Balaban J connectivity index is 3.32. The molecule has 0 saturated carbocycles. The first kappa shape index (κ1) is 86.6. The van der Waals surface area contributed by atoms with E-state index in [0.29, 0.717) is 19.4 Å². The lowest BCUT2D eigenvalue weighted by Gasteiger charge is -2.20. The van der Waals surface area contributed by atoms with E-state index in [0.717, 1.165) is 38.5 Å². The maximum Gasteiger partial charge on any atom is 0.305 e. The Morgan fingerprint density at radius 2 is 0.523 bits per heavy atom. The smallest absolute Gasteiger partial charge is 0.305 e. The molecule has 2 atom stereocenters. The van der Waals surface area contributed by atoms with Crippen molar-refractivity contribution in [2.24, 2.45) is 0 Å². The van der Waals surface area contributed by atoms with Gasteiger partial charge in [0.1, 0.15) is 0 Å². The molecule has 0 aliphatic heterocycles. The van der Waals surface area contributed by atoms with Gasteiger partial charge in [-0.15, -0.1) is 0 Å². The maximum atomic E-state index is 12.5. The van der Waals surface area contributed by atoms with Crippen molar-refractivity contribution in [3.63, 3.8) is 0 Å². The number of aliphatic hydroxyl groups excluding tert-OH is 2. The van der Waals surface area contributed by atoms with E-state index in [1.54, 1.807) is 6.08 Å². The second-order valence-electron chi connectivity index (χ2n) is 28.5. The van der Waals surface area contributed by atoms with Crippen LogP contribution in [0.4, 0.5) is 0 Å². The van der Waals surface area contributed by atoms with Crippen LogP contribution in [0.3, 0.4) is 0 Å². The molecule has 0 aromatic carbocycles. The summed E-state index contributed by atoms with van der Waals surface area (Å²) in [5.74, 6) is -0.0307. The monoisotopic (exact) mass is 1240 g/mol. The second-order valence-corrected chi connectivity index (χ2v) is 28.5. The van der Waals surface area contributed by atoms with E-state index in [4.69, 9.17) is 4.74 Å². The van der Waals surface area contributed by atoms with Crippen LogP contribution in [0.15, 0.2) is 12.2 Å². The van der Waals surface area contributed by atoms with E-state index in [2.05, 4.69) is 19.2 Å². The van der Waals surface area contributed by atoms with E-state index in [9.17, 15) is 19.8 Å². The van der Waals surface area contributed by atoms with E-state index < -0.39 is 12.1 Å². The van der Waals surface area contributed by atoms with Gasteiger partial charge in [0, 0.05) is 12.8 Å². The standard InChI is InChI=1S/C82H161NO5/c1-3-5-7-9-11-13-15-17-19-20-21-37-40-43-47-50-54-58-62-66-70-74-80(85)79(78-84)83-81(86)75-71-67-63-59-55-51-48-44-41-38-35-33-31-29-27-25-23-22-24-26-28-30-32-34-36-39-42-45-49-53-57-61-65-69-73-77-88-82(87)76-72-68-64-60-56-52-46-18-16-14-12-10-8-6-4-2/h70,74,79-80,84-85H,3-69,71-73,75-78H2,1-2H3,(H,83,86)/b74-70+. The molecule has 524 valence electrons. The highest BCUT2D eigenvalue weighted by Gasteiger charge is 2.18. The molecule has 6 nitrogen and oxygen atoms in total. The Bertz CT molecular complexity index is 1340. The van der Waals surface area contributed by atoms with Crippen LogP contribution in [0.2, 0.25) is 0 Å². The zero-order chi connectivity index (χ0) is 63.5. The lowest BCUT2D eigenvalue weighted by atomic mass is 10.0. The molecule has 0 heterocycles. The maximum absolute atomic E-state index is 12.5. The molecule has 0 rings (SSSR count). The minimum absolute atomic E-state index is 0.0266. The van der Waals surface area contributed by atoms with Gasteiger partial charge in [-0.3, -0.25) is 9.59 Å². The number of aliphatic hydroxyl groups is 2. The normalized spacial score (nSPS) is 12.5. The van der Waals surface area contributed by atoms with Gasteiger partial charge < -0.3 is 20.3 Å². The van der Waals surface area contributed by atoms with Gasteiger partial charge >= 0.3 is 5.97 Å². The van der Waals surface area contributed by atoms with Gasteiger partial charge in [-0.2, -0.15) is 0 Å². The predicted molar refractivity (Wildman–Crippen MR) is 389 cm³/mol. The van der Waals surface area contributed by atoms with Crippen molar-refractivity contribution in [2.75, 3.05) is 13.2 Å². The summed E-state index contributed by atoms with van der Waals surface area (Å²) in [6.45, 7) is 4.97. The third-order valence-electron chi connectivity index (χ3n) is 19.6. The third kappa shape index (κ3) is 73.6. The fourth-order valence-corrected chi connectivity index (χ4v) is 13.3.